The van der Waals surface area contributed by atoms with Gasteiger partial charge in [-0.1, -0.05) is 36.4 Å². The Bertz CT molecular complexity index is 884. The zero-order chi connectivity index (χ0) is 18.7. The predicted octanol–water partition coefficient (Wildman–Crippen LogP) is 6.30. The van der Waals surface area contributed by atoms with Gasteiger partial charge in [-0.05, 0) is 31.0 Å². The van der Waals surface area contributed by atoms with E-state index < -0.39 is 18.5 Å². The van der Waals surface area contributed by atoms with Gasteiger partial charge in [-0.25, -0.2) is 4.98 Å². The van der Waals surface area contributed by atoms with Crippen LogP contribution in [0.1, 0.15) is 46.1 Å². The van der Waals surface area contributed by atoms with Crippen molar-refractivity contribution in [2.24, 2.45) is 0 Å². The number of halogens is 3. The zero-order valence-corrected chi connectivity index (χ0v) is 15.0. The minimum atomic E-state index is -4.30. The summed E-state index contributed by atoms with van der Waals surface area (Å²) in [6.07, 6.45) is -5.06. The molecule has 3 aromatic rings. The number of hydrogen-bond donors (Lipinski definition) is 0. The van der Waals surface area contributed by atoms with E-state index in [1.807, 2.05) is 37.3 Å². The Hall–Kier alpha value is -2.21. The number of Topliss-reactive ketones (excluding diaryl/α,β-unsaturated/α-hetero) is 1. The van der Waals surface area contributed by atoms with Crippen molar-refractivity contribution in [3.8, 4) is 0 Å². The molecule has 0 spiro atoms. The van der Waals surface area contributed by atoms with Crippen LogP contribution in [-0.2, 0) is 0 Å². The van der Waals surface area contributed by atoms with Gasteiger partial charge in [0.05, 0.1) is 21.6 Å². The number of hydrogen-bond acceptors (Lipinski definition) is 3. The first-order valence-corrected chi connectivity index (χ1v) is 9.16. The second-order valence-electron chi connectivity index (χ2n) is 6.31. The monoisotopic (exact) mass is 377 g/mol. The van der Waals surface area contributed by atoms with E-state index in [1.165, 1.54) is 11.3 Å². The lowest BCUT2D eigenvalue weighted by atomic mass is 9.94. The molecule has 26 heavy (non-hydrogen) atoms. The summed E-state index contributed by atoms with van der Waals surface area (Å²) >= 11 is 1.27. The largest absolute Gasteiger partial charge is 0.389 e. The molecule has 0 aliphatic heterocycles. The van der Waals surface area contributed by atoms with Crippen LogP contribution in [0.5, 0.6) is 0 Å². The molecule has 1 unspecified atom stereocenters. The molecule has 2 aromatic carbocycles. The number of benzene rings is 2. The summed E-state index contributed by atoms with van der Waals surface area (Å²) in [6.45, 7) is 1.83. The fraction of sp³-hybridized carbons (Fsp3) is 0.300. The van der Waals surface area contributed by atoms with E-state index in [-0.39, 0.29) is 18.6 Å². The molecule has 0 fully saturated rings. The minimum Gasteiger partial charge on any atom is -0.294 e. The Labute approximate surface area is 153 Å². The minimum absolute atomic E-state index is 0.0710. The summed E-state index contributed by atoms with van der Waals surface area (Å²) in [5.74, 6) is -0.934. The number of aryl methyl sites for hydroxylation is 1. The maximum Gasteiger partial charge on any atom is 0.389 e. The van der Waals surface area contributed by atoms with E-state index in [4.69, 9.17) is 0 Å². The molecular formula is C20H18F3NOS. The number of carbonyl (C=O) groups excluding carboxylic acids is 1. The number of carbonyl (C=O) groups is 1. The third-order valence-corrected chi connectivity index (χ3v) is 5.50. The molecule has 0 N–H and O–H groups in total. The van der Waals surface area contributed by atoms with E-state index in [0.717, 1.165) is 10.3 Å². The molecule has 136 valence electrons. The summed E-state index contributed by atoms with van der Waals surface area (Å²) in [5.41, 5.74) is 2.11. The third kappa shape index (κ3) is 4.49. The van der Waals surface area contributed by atoms with Gasteiger partial charge in [0, 0.05) is 17.9 Å². The van der Waals surface area contributed by atoms with Crippen LogP contribution in [0.2, 0.25) is 0 Å². The van der Waals surface area contributed by atoms with Gasteiger partial charge in [0.2, 0.25) is 0 Å². The van der Waals surface area contributed by atoms with Crippen LogP contribution in [0, 0.1) is 6.92 Å². The Balaban J connectivity index is 1.80. The normalized spacial score (nSPS) is 13.1. The number of thiazole rings is 1. The quantitative estimate of drug-likeness (QED) is 0.472. The van der Waals surface area contributed by atoms with E-state index in [1.54, 1.807) is 18.2 Å². The van der Waals surface area contributed by atoms with Crippen LogP contribution in [0.25, 0.3) is 10.2 Å². The standard InChI is InChI=1S/C20H18F3NOS/c1-13-6-2-3-7-15(13)17(25)11-10-14(12-20(21,22)23)19-24-16-8-4-5-9-18(16)26-19/h2-9,14H,10-12H2,1H3. The average molecular weight is 377 g/mol. The number of rotatable bonds is 6. The fourth-order valence-corrected chi connectivity index (χ4v) is 4.08. The topological polar surface area (TPSA) is 30.0 Å². The van der Waals surface area contributed by atoms with Crippen LogP contribution in [0.4, 0.5) is 13.2 Å². The first kappa shape index (κ1) is 18.6. The van der Waals surface area contributed by atoms with E-state index in [9.17, 15) is 18.0 Å². The van der Waals surface area contributed by atoms with Crippen molar-refractivity contribution in [2.75, 3.05) is 0 Å². The van der Waals surface area contributed by atoms with Gasteiger partial charge < -0.3 is 0 Å². The Morgan fingerprint density at radius 2 is 1.81 bits per heavy atom. The molecule has 1 heterocycles. The van der Waals surface area contributed by atoms with E-state index >= 15 is 0 Å². The average Bonchev–Trinajstić information content (AvgIpc) is 3.02. The summed E-state index contributed by atoms with van der Waals surface area (Å²) in [4.78, 5) is 16.8. The fourth-order valence-electron chi connectivity index (χ4n) is 2.98. The second kappa shape index (κ2) is 7.58. The molecule has 1 aromatic heterocycles. The molecule has 0 bridgehead atoms. The van der Waals surface area contributed by atoms with Gasteiger partial charge in [0.1, 0.15) is 0 Å². The summed E-state index contributed by atoms with van der Waals surface area (Å²) < 4.78 is 40.0. The molecule has 2 nitrogen and oxygen atoms in total. The van der Waals surface area contributed by atoms with Crippen molar-refractivity contribution in [2.45, 2.75) is 38.3 Å². The van der Waals surface area contributed by atoms with E-state index in [0.29, 0.717) is 16.1 Å². The molecule has 6 heteroatoms. The van der Waals surface area contributed by atoms with Gasteiger partial charge in [-0.3, -0.25) is 4.79 Å². The molecule has 0 amide bonds. The van der Waals surface area contributed by atoms with Gasteiger partial charge in [0.15, 0.2) is 5.78 Å². The van der Waals surface area contributed by atoms with Gasteiger partial charge in [-0.2, -0.15) is 13.2 Å². The van der Waals surface area contributed by atoms with Crippen molar-refractivity contribution in [3.05, 3.63) is 64.7 Å². The highest BCUT2D eigenvalue weighted by Gasteiger charge is 2.34. The van der Waals surface area contributed by atoms with Crippen LogP contribution in [-0.4, -0.2) is 16.9 Å². The van der Waals surface area contributed by atoms with Crippen molar-refractivity contribution >= 4 is 27.3 Å². The molecule has 0 saturated carbocycles. The zero-order valence-electron chi connectivity index (χ0n) is 14.2. The Morgan fingerprint density at radius 3 is 2.50 bits per heavy atom. The SMILES string of the molecule is Cc1ccccc1C(=O)CCC(CC(F)(F)F)c1nc2ccccc2s1. The van der Waals surface area contributed by atoms with Crippen molar-refractivity contribution in [1.29, 1.82) is 0 Å². The molecule has 3 rings (SSSR count). The molecule has 0 saturated heterocycles. The third-order valence-electron chi connectivity index (χ3n) is 4.30. The lowest BCUT2D eigenvalue weighted by Gasteiger charge is -2.16. The maximum absolute atomic E-state index is 13.1. The smallest absolute Gasteiger partial charge is 0.294 e. The number of aromatic nitrogens is 1. The number of nitrogens with zero attached hydrogens (tertiary/aromatic N) is 1. The predicted molar refractivity (Wildman–Crippen MR) is 97.8 cm³/mol. The van der Waals surface area contributed by atoms with Gasteiger partial charge in [0.25, 0.3) is 0 Å². The van der Waals surface area contributed by atoms with Crippen LogP contribution in [0.15, 0.2) is 48.5 Å². The molecule has 0 radical (unpaired) electrons. The number of fused-ring (bicyclic) bond motifs is 1. The summed E-state index contributed by atoms with van der Waals surface area (Å²) in [6, 6.07) is 14.4. The van der Waals surface area contributed by atoms with Crippen LogP contribution < -0.4 is 0 Å². The van der Waals surface area contributed by atoms with Crippen LogP contribution >= 0.6 is 11.3 Å². The number of alkyl halides is 3. The molecular weight excluding hydrogens is 359 g/mol. The molecule has 0 aliphatic carbocycles. The molecule has 0 aliphatic rings. The second-order valence-corrected chi connectivity index (χ2v) is 7.38. The highest BCUT2D eigenvalue weighted by Crippen LogP contribution is 2.38. The summed E-state index contributed by atoms with van der Waals surface area (Å²) in [5, 5.41) is 0.445. The maximum atomic E-state index is 13.1. The van der Waals surface area contributed by atoms with Gasteiger partial charge in [-0.15, -0.1) is 11.3 Å². The highest BCUT2D eigenvalue weighted by molar-refractivity contribution is 7.18. The number of para-hydroxylation sites is 1. The van der Waals surface area contributed by atoms with Crippen molar-refractivity contribution < 1.29 is 18.0 Å². The lowest BCUT2D eigenvalue weighted by molar-refractivity contribution is -0.139. The van der Waals surface area contributed by atoms with Crippen molar-refractivity contribution in [1.82, 2.24) is 4.98 Å². The Kier molecular flexibility index (Phi) is 5.41. The van der Waals surface area contributed by atoms with Crippen LogP contribution in [0.3, 0.4) is 0 Å². The first-order valence-electron chi connectivity index (χ1n) is 8.34. The Morgan fingerprint density at radius 1 is 1.12 bits per heavy atom. The highest BCUT2D eigenvalue weighted by atomic mass is 32.1. The van der Waals surface area contributed by atoms with E-state index in [2.05, 4.69) is 4.98 Å². The number of ketones is 1. The summed E-state index contributed by atoms with van der Waals surface area (Å²) in [7, 11) is 0. The molecule has 1 atom stereocenters. The lowest BCUT2D eigenvalue weighted by Crippen LogP contribution is -2.15. The van der Waals surface area contributed by atoms with Crippen molar-refractivity contribution in [3.63, 3.8) is 0 Å². The van der Waals surface area contributed by atoms with Gasteiger partial charge >= 0.3 is 6.18 Å². The first-order chi connectivity index (χ1) is 12.3.